The van der Waals surface area contributed by atoms with Gasteiger partial charge in [0.25, 0.3) is 11.6 Å². The second-order valence-electron chi connectivity index (χ2n) is 6.32. The molecule has 1 fully saturated rings. The molecule has 1 aromatic carbocycles. The van der Waals surface area contributed by atoms with Crippen LogP contribution in [0.4, 0.5) is 5.69 Å². The first-order valence-corrected chi connectivity index (χ1v) is 8.73. The Hall–Kier alpha value is -2.97. The Morgan fingerprint density at radius 3 is 2.73 bits per heavy atom. The van der Waals surface area contributed by atoms with Gasteiger partial charge in [0.15, 0.2) is 5.69 Å². The molecule has 1 amide bonds. The number of nitro groups is 1. The number of amides is 1. The van der Waals surface area contributed by atoms with Gasteiger partial charge < -0.3 is 10.0 Å². The third kappa shape index (κ3) is 3.37. The van der Waals surface area contributed by atoms with Crippen molar-refractivity contribution >= 4 is 11.6 Å². The quantitative estimate of drug-likeness (QED) is 0.626. The van der Waals surface area contributed by atoms with Gasteiger partial charge in [-0.1, -0.05) is 18.6 Å². The molecule has 0 radical (unpaired) electrons. The lowest BCUT2D eigenvalue weighted by molar-refractivity contribution is -0.384. The Morgan fingerprint density at radius 1 is 1.35 bits per heavy atom. The van der Waals surface area contributed by atoms with E-state index in [1.165, 1.54) is 18.2 Å². The van der Waals surface area contributed by atoms with Crippen molar-refractivity contribution in [3.05, 3.63) is 34.0 Å². The fraction of sp³-hybridized carbons (Fsp3) is 0.471. The summed E-state index contributed by atoms with van der Waals surface area (Å²) >= 11 is 0. The lowest BCUT2D eigenvalue weighted by atomic mass is 10.1. The zero-order chi connectivity index (χ0) is 18.7. The van der Waals surface area contributed by atoms with Crippen molar-refractivity contribution in [1.29, 1.82) is 0 Å². The molecule has 26 heavy (non-hydrogen) atoms. The molecule has 0 unspecified atom stereocenters. The molecule has 9 heteroatoms. The zero-order valence-corrected chi connectivity index (χ0v) is 14.6. The van der Waals surface area contributed by atoms with E-state index in [1.54, 1.807) is 9.58 Å². The molecule has 1 aromatic heterocycles. The summed E-state index contributed by atoms with van der Waals surface area (Å²) in [4.78, 5) is 25.1. The zero-order valence-electron chi connectivity index (χ0n) is 14.6. The maximum Gasteiger partial charge on any atom is 0.276 e. The van der Waals surface area contributed by atoms with Crippen molar-refractivity contribution in [2.75, 3.05) is 13.1 Å². The highest BCUT2D eigenvalue weighted by Crippen LogP contribution is 2.34. The van der Waals surface area contributed by atoms with Gasteiger partial charge in [-0.2, -0.15) is 0 Å². The van der Waals surface area contributed by atoms with Crippen molar-refractivity contribution in [3.63, 3.8) is 0 Å². The molecule has 0 saturated carbocycles. The molecular formula is C17H21N5O4. The van der Waals surface area contributed by atoms with Crippen LogP contribution in [0.5, 0.6) is 5.75 Å². The summed E-state index contributed by atoms with van der Waals surface area (Å²) in [5, 5.41) is 29.5. The van der Waals surface area contributed by atoms with Crippen LogP contribution < -0.4 is 0 Å². The maximum absolute atomic E-state index is 12.9. The summed E-state index contributed by atoms with van der Waals surface area (Å²) in [7, 11) is 0. The first-order valence-electron chi connectivity index (χ1n) is 8.73. The summed E-state index contributed by atoms with van der Waals surface area (Å²) < 4.78 is 1.55. The molecule has 138 valence electrons. The maximum atomic E-state index is 12.9. The van der Waals surface area contributed by atoms with Gasteiger partial charge in [-0.15, -0.1) is 5.10 Å². The number of likely N-dealkylation sites (tertiary alicyclic amines) is 1. The number of aromatic hydroxyl groups is 1. The minimum atomic E-state index is -0.537. The van der Waals surface area contributed by atoms with Crippen molar-refractivity contribution in [1.82, 2.24) is 19.9 Å². The van der Waals surface area contributed by atoms with Gasteiger partial charge in [0.1, 0.15) is 11.4 Å². The van der Waals surface area contributed by atoms with E-state index < -0.39 is 4.92 Å². The normalized spacial score (nSPS) is 14.0. The average Bonchev–Trinajstić information content (AvgIpc) is 3.29. The number of non-ortho nitro benzene ring substituents is 1. The molecule has 2 heterocycles. The van der Waals surface area contributed by atoms with Crippen molar-refractivity contribution in [2.24, 2.45) is 0 Å². The molecule has 3 rings (SSSR count). The third-order valence-electron chi connectivity index (χ3n) is 4.50. The van der Waals surface area contributed by atoms with E-state index in [-0.39, 0.29) is 28.6 Å². The van der Waals surface area contributed by atoms with Gasteiger partial charge in [0.2, 0.25) is 0 Å². The number of hydrogen-bond donors (Lipinski definition) is 1. The number of aromatic nitrogens is 3. The van der Waals surface area contributed by atoms with Gasteiger partial charge in [0, 0.05) is 31.8 Å². The fourth-order valence-electron chi connectivity index (χ4n) is 3.09. The number of carbonyl (C=O) groups excluding carboxylic acids is 1. The van der Waals surface area contributed by atoms with E-state index in [1.807, 2.05) is 6.92 Å². The monoisotopic (exact) mass is 359 g/mol. The smallest absolute Gasteiger partial charge is 0.276 e. The number of hydrogen-bond acceptors (Lipinski definition) is 6. The van der Waals surface area contributed by atoms with Gasteiger partial charge in [-0.25, -0.2) is 4.68 Å². The number of benzene rings is 1. The van der Waals surface area contributed by atoms with Crippen LogP contribution in [0.25, 0.3) is 11.3 Å². The molecule has 0 spiro atoms. The van der Waals surface area contributed by atoms with E-state index in [9.17, 15) is 20.0 Å². The van der Waals surface area contributed by atoms with Gasteiger partial charge in [-0.3, -0.25) is 14.9 Å². The SMILES string of the molecule is CCCCn1nnc(C(=O)N2CCCC2)c1-c1cc([N+](=O)[O-])ccc1O. The van der Waals surface area contributed by atoms with E-state index >= 15 is 0 Å². The van der Waals surface area contributed by atoms with Crippen LogP contribution >= 0.6 is 0 Å². The summed E-state index contributed by atoms with van der Waals surface area (Å²) in [5.74, 6) is -0.405. The van der Waals surface area contributed by atoms with Crippen molar-refractivity contribution < 1.29 is 14.8 Å². The molecular weight excluding hydrogens is 338 g/mol. The summed E-state index contributed by atoms with van der Waals surface area (Å²) in [6.07, 6.45) is 3.60. The Kier molecular flexibility index (Phi) is 5.15. The van der Waals surface area contributed by atoms with Gasteiger partial charge >= 0.3 is 0 Å². The first kappa shape index (κ1) is 17.8. The summed E-state index contributed by atoms with van der Waals surface area (Å²) in [5.41, 5.74) is 0.485. The highest BCUT2D eigenvalue weighted by molar-refractivity contribution is 5.99. The van der Waals surface area contributed by atoms with Crippen molar-refractivity contribution in [3.8, 4) is 17.0 Å². The molecule has 1 aliphatic heterocycles. The molecule has 0 bridgehead atoms. The number of aryl methyl sites for hydroxylation is 1. The van der Waals surface area contributed by atoms with E-state index in [4.69, 9.17) is 0 Å². The van der Waals surface area contributed by atoms with Crippen LogP contribution in [0.2, 0.25) is 0 Å². The molecule has 9 nitrogen and oxygen atoms in total. The topological polar surface area (TPSA) is 114 Å². The molecule has 0 atom stereocenters. The Labute approximate surface area is 150 Å². The second kappa shape index (κ2) is 7.51. The first-order chi connectivity index (χ1) is 12.5. The van der Waals surface area contributed by atoms with Crippen LogP contribution in [-0.4, -0.2) is 48.9 Å². The molecule has 0 aliphatic carbocycles. The summed E-state index contributed by atoms with van der Waals surface area (Å²) in [6, 6.07) is 3.74. The van der Waals surface area contributed by atoms with Crippen LogP contribution in [-0.2, 0) is 6.54 Å². The van der Waals surface area contributed by atoms with E-state index in [0.717, 1.165) is 25.7 Å². The van der Waals surface area contributed by atoms with Gasteiger partial charge in [0.05, 0.1) is 10.5 Å². The number of nitro benzene ring substituents is 1. The van der Waals surface area contributed by atoms with E-state index in [2.05, 4.69) is 10.3 Å². The molecule has 1 N–H and O–H groups in total. The number of phenols is 1. The number of phenolic OH excluding ortho intramolecular Hbond substituents is 1. The highest BCUT2D eigenvalue weighted by Gasteiger charge is 2.29. The number of carbonyl (C=O) groups is 1. The lowest BCUT2D eigenvalue weighted by Gasteiger charge is -2.15. The minimum Gasteiger partial charge on any atom is -0.507 e. The molecule has 1 saturated heterocycles. The van der Waals surface area contributed by atoms with Crippen molar-refractivity contribution in [2.45, 2.75) is 39.2 Å². The van der Waals surface area contributed by atoms with Crippen LogP contribution in [0.1, 0.15) is 43.1 Å². The predicted molar refractivity (Wildman–Crippen MR) is 93.8 cm³/mol. The van der Waals surface area contributed by atoms with Crippen LogP contribution in [0.15, 0.2) is 18.2 Å². The Bertz CT molecular complexity index is 827. The number of rotatable bonds is 6. The summed E-state index contributed by atoms with van der Waals surface area (Å²) in [6.45, 7) is 3.84. The van der Waals surface area contributed by atoms with Crippen LogP contribution in [0, 0.1) is 10.1 Å². The molecule has 2 aromatic rings. The lowest BCUT2D eigenvalue weighted by Crippen LogP contribution is -2.28. The largest absolute Gasteiger partial charge is 0.507 e. The Balaban J connectivity index is 2.11. The molecule has 1 aliphatic rings. The van der Waals surface area contributed by atoms with Gasteiger partial charge in [-0.05, 0) is 25.3 Å². The number of nitrogens with zero attached hydrogens (tertiary/aromatic N) is 5. The second-order valence-corrected chi connectivity index (χ2v) is 6.32. The standard InChI is InChI=1S/C17H21N5O4/c1-2-3-10-21-16(13-11-12(22(25)26)6-7-14(13)23)15(18-19-21)17(24)20-8-4-5-9-20/h6-7,11,23H,2-5,8-10H2,1H3. The third-order valence-corrected chi connectivity index (χ3v) is 4.50. The Morgan fingerprint density at radius 2 is 2.08 bits per heavy atom. The number of unbranched alkanes of at least 4 members (excludes halogenated alkanes) is 1. The predicted octanol–water partition coefficient (Wildman–Crippen LogP) is 2.60. The highest BCUT2D eigenvalue weighted by atomic mass is 16.6. The van der Waals surface area contributed by atoms with Crippen LogP contribution in [0.3, 0.4) is 0 Å². The average molecular weight is 359 g/mol. The van der Waals surface area contributed by atoms with E-state index in [0.29, 0.717) is 25.3 Å². The fourth-order valence-corrected chi connectivity index (χ4v) is 3.09. The minimum absolute atomic E-state index is 0.124.